The van der Waals surface area contributed by atoms with Gasteiger partial charge in [0.2, 0.25) is 0 Å². The van der Waals surface area contributed by atoms with Crippen LogP contribution in [-0.2, 0) is 15.9 Å². The molecule has 1 unspecified atom stereocenters. The monoisotopic (exact) mass is 292 g/mol. The fraction of sp³-hybridized carbons (Fsp3) is 0.529. The minimum Gasteiger partial charge on any atom is -0.353 e. The topological polar surface area (TPSA) is 18.5 Å². The maximum atomic E-state index is 5.83. The molecule has 1 saturated heterocycles. The summed E-state index contributed by atoms with van der Waals surface area (Å²) >= 11 is 5.83. The van der Waals surface area contributed by atoms with E-state index in [1.807, 2.05) is 24.3 Å². The van der Waals surface area contributed by atoms with Crippen LogP contribution in [0.3, 0.4) is 0 Å². The van der Waals surface area contributed by atoms with Gasteiger partial charge in [0.25, 0.3) is 0 Å². The Kier molecular flexibility index (Phi) is 6.94. The third-order valence-corrected chi connectivity index (χ3v) is 3.47. The van der Waals surface area contributed by atoms with Crippen molar-refractivity contribution in [3.63, 3.8) is 0 Å². The van der Waals surface area contributed by atoms with E-state index in [0.29, 0.717) is 0 Å². The number of benzene rings is 1. The van der Waals surface area contributed by atoms with Crippen molar-refractivity contribution >= 4 is 11.6 Å². The molecule has 0 aliphatic carbocycles. The lowest BCUT2D eigenvalue weighted by atomic mass is 10.1. The Labute approximate surface area is 126 Å². The molecule has 2 nitrogen and oxygen atoms in total. The highest BCUT2D eigenvalue weighted by Gasteiger charge is 2.12. The summed E-state index contributed by atoms with van der Waals surface area (Å²) < 4.78 is 11.2. The van der Waals surface area contributed by atoms with Crippen molar-refractivity contribution in [1.82, 2.24) is 0 Å². The number of hydrogen-bond acceptors (Lipinski definition) is 2. The van der Waals surface area contributed by atoms with Gasteiger partial charge in [-0.05, 0) is 43.4 Å². The first kappa shape index (κ1) is 15.4. The summed E-state index contributed by atoms with van der Waals surface area (Å²) in [4.78, 5) is 0. The third kappa shape index (κ3) is 5.96. The molecule has 0 spiro atoms. The van der Waals surface area contributed by atoms with Crippen LogP contribution in [0.15, 0.2) is 24.3 Å². The van der Waals surface area contributed by atoms with Crippen LogP contribution in [-0.4, -0.2) is 19.5 Å². The second kappa shape index (κ2) is 9.02. The summed E-state index contributed by atoms with van der Waals surface area (Å²) in [5.41, 5.74) is 1.20. The summed E-state index contributed by atoms with van der Waals surface area (Å²) in [6.07, 6.45) is 6.05. The normalized spacial score (nSPS) is 18.4. The van der Waals surface area contributed by atoms with Gasteiger partial charge in [-0.1, -0.05) is 29.7 Å². The molecule has 108 valence electrons. The lowest BCUT2D eigenvalue weighted by molar-refractivity contribution is -0.162. The fourth-order valence-corrected chi connectivity index (χ4v) is 2.20. The van der Waals surface area contributed by atoms with Gasteiger partial charge in [0.1, 0.15) is 0 Å². The molecule has 0 radical (unpaired) electrons. The molecule has 1 aromatic rings. The minimum atomic E-state index is 0.0192. The second-order valence-electron chi connectivity index (χ2n) is 4.93. The summed E-state index contributed by atoms with van der Waals surface area (Å²) in [5.74, 6) is 6.36. The Morgan fingerprint density at radius 2 is 2.05 bits per heavy atom. The molecule has 0 amide bonds. The Morgan fingerprint density at radius 3 is 2.80 bits per heavy atom. The van der Waals surface area contributed by atoms with Crippen LogP contribution in [0, 0.1) is 11.8 Å². The summed E-state index contributed by atoms with van der Waals surface area (Å²) in [5, 5.41) is 0.767. The highest BCUT2D eigenvalue weighted by molar-refractivity contribution is 6.30. The molecule has 0 N–H and O–H groups in total. The predicted octanol–water partition coefficient (Wildman–Crippen LogP) is 4.21. The maximum absolute atomic E-state index is 5.83. The maximum Gasteiger partial charge on any atom is 0.157 e. The van der Waals surface area contributed by atoms with Gasteiger partial charge in [-0.25, -0.2) is 0 Å². The lowest BCUT2D eigenvalue weighted by Gasteiger charge is -2.22. The van der Waals surface area contributed by atoms with Crippen molar-refractivity contribution in [1.29, 1.82) is 0 Å². The molecule has 3 heteroatoms. The summed E-state index contributed by atoms with van der Waals surface area (Å²) in [7, 11) is 0. The predicted molar refractivity (Wildman–Crippen MR) is 81.7 cm³/mol. The zero-order valence-electron chi connectivity index (χ0n) is 11.7. The van der Waals surface area contributed by atoms with E-state index in [2.05, 4.69) is 11.8 Å². The van der Waals surface area contributed by atoms with E-state index in [9.17, 15) is 0 Å². The Hall–Kier alpha value is -1.01. The minimum absolute atomic E-state index is 0.0192. The van der Waals surface area contributed by atoms with Gasteiger partial charge in [0.05, 0.1) is 6.61 Å². The molecule has 2 rings (SSSR count). The number of halogens is 1. The van der Waals surface area contributed by atoms with Crippen LogP contribution in [0.1, 0.15) is 37.7 Å². The molecule has 0 saturated carbocycles. The zero-order chi connectivity index (χ0) is 14.0. The van der Waals surface area contributed by atoms with Gasteiger partial charge in [0.15, 0.2) is 6.29 Å². The molecule has 1 atom stereocenters. The van der Waals surface area contributed by atoms with E-state index in [0.717, 1.165) is 50.3 Å². The molecular formula is C17H21ClO2. The van der Waals surface area contributed by atoms with E-state index in [4.69, 9.17) is 21.1 Å². The van der Waals surface area contributed by atoms with Crippen molar-refractivity contribution in [2.24, 2.45) is 0 Å². The Balaban J connectivity index is 1.54. The van der Waals surface area contributed by atoms with E-state index >= 15 is 0 Å². The highest BCUT2D eigenvalue weighted by Crippen LogP contribution is 2.14. The van der Waals surface area contributed by atoms with Gasteiger partial charge in [-0.15, -0.1) is 5.92 Å². The van der Waals surface area contributed by atoms with Crippen LogP contribution in [0.25, 0.3) is 0 Å². The average molecular weight is 293 g/mol. The van der Waals surface area contributed by atoms with E-state index in [-0.39, 0.29) is 6.29 Å². The molecule has 1 heterocycles. The SMILES string of the molecule is Clc1ccc(CC#CCCCOC2CCCCO2)cc1. The number of unbranched alkanes of at least 4 members (excludes halogenated alkanes) is 1. The largest absolute Gasteiger partial charge is 0.353 e. The Bertz CT molecular complexity index is 438. The molecule has 1 aliphatic heterocycles. The number of hydrogen-bond donors (Lipinski definition) is 0. The van der Waals surface area contributed by atoms with E-state index in [1.165, 1.54) is 12.0 Å². The van der Waals surface area contributed by atoms with Crippen molar-refractivity contribution in [2.75, 3.05) is 13.2 Å². The number of ether oxygens (including phenoxy) is 2. The molecule has 0 bridgehead atoms. The fourth-order valence-electron chi connectivity index (χ4n) is 2.07. The van der Waals surface area contributed by atoms with Gasteiger partial charge in [-0.2, -0.15) is 0 Å². The van der Waals surface area contributed by atoms with Gasteiger partial charge < -0.3 is 9.47 Å². The van der Waals surface area contributed by atoms with Crippen molar-refractivity contribution in [3.05, 3.63) is 34.9 Å². The van der Waals surface area contributed by atoms with Crippen LogP contribution >= 0.6 is 11.6 Å². The first-order chi connectivity index (χ1) is 9.84. The molecule has 20 heavy (non-hydrogen) atoms. The first-order valence-corrected chi connectivity index (χ1v) is 7.66. The average Bonchev–Trinajstić information content (AvgIpc) is 2.49. The van der Waals surface area contributed by atoms with Gasteiger partial charge in [0, 0.05) is 24.5 Å². The quantitative estimate of drug-likeness (QED) is 0.598. The van der Waals surface area contributed by atoms with Crippen LogP contribution in [0.5, 0.6) is 0 Å². The summed E-state index contributed by atoms with van der Waals surface area (Å²) in [6.45, 7) is 1.58. The standard InChI is InChI=1S/C17H21ClO2/c18-16-11-9-15(10-12-16)7-3-1-2-5-13-19-17-8-4-6-14-20-17/h9-12,17H,2,4-8,13-14H2. The van der Waals surface area contributed by atoms with Crippen molar-refractivity contribution < 1.29 is 9.47 Å². The molecule has 1 aliphatic rings. The van der Waals surface area contributed by atoms with Crippen LogP contribution in [0.4, 0.5) is 0 Å². The molecule has 1 fully saturated rings. The highest BCUT2D eigenvalue weighted by atomic mass is 35.5. The van der Waals surface area contributed by atoms with Crippen LogP contribution in [0.2, 0.25) is 5.02 Å². The van der Waals surface area contributed by atoms with E-state index in [1.54, 1.807) is 0 Å². The second-order valence-corrected chi connectivity index (χ2v) is 5.36. The third-order valence-electron chi connectivity index (χ3n) is 3.22. The van der Waals surface area contributed by atoms with Crippen molar-refractivity contribution in [3.8, 4) is 11.8 Å². The number of rotatable bonds is 5. The van der Waals surface area contributed by atoms with Gasteiger partial charge >= 0.3 is 0 Å². The smallest absolute Gasteiger partial charge is 0.157 e. The Morgan fingerprint density at radius 1 is 1.20 bits per heavy atom. The van der Waals surface area contributed by atoms with Gasteiger partial charge in [-0.3, -0.25) is 0 Å². The van der Waals surface area contributed by atoms with E-state index < -0.39 is 0 Å². The zero-order valence-corrected chi connectivity index (χ0v) is 12.5. The van der Waals surface area contributed by atoms with Crippen molar-refractivity contribution in [2.45, 2.75) is 44.8 Å². The summed E-state index contributed by atoms with van der Waals surface area (Å²) in [6, 6.07) is 7.83. The lowest BCUT2D eigenvalue weighted by Crippen LogP contribution is -2.22. The molecule has 0 aromatic heterocycles. The first-order valence-electron chi connectivity index (χ1n) is 7.28. The molecular weight excluding hydrogens is 272 g/mol. The molecule has 1 aromatic carbocycles. The van der Waals surface area contributed by atoms with Crippen LogP contribution < -0.4 is 0 Å².